The molecule has 1 unspecified atom stereocenters. The lowest BCUT2D eigenvalue weighted by atomic mass is 10.0. The smallest absolute Gasteiger partial charge is 0.227 e. The number of anilines is 1. The maximum Gasteiger partial charge on any atom is 0.227 e. The number of amides is 1. The van der Waals surface area contributed by atoms with E-state index in [-0.39, 0.29) is 5.92 Å². The van der Waals surface area contributed by atoms with E-state index in [0.29, 0.717) is 11.5 Å². The molecule has 0 N–H and O–H groups in total. The first-order chi connectivity index (χ1) is 10.3. The SMILES string of the molecule is N#Cc1ccc(N2CCC(C(=O)N3CCCCC3)C2)nc1. The summed E-state index contributed by atoms with van der Waals surface area (Å²) >= 11 is 0. The molecule has 0 saturated carbocycles. The van der Waals surface area contributed by atoms with Crippen molar-refractivity contribution in [2.24, 2.45) is 5.92 Å². The van der Waals surface area contributed by atoms with Gasteiger partial charge in [-0.05, 0) is 37.8 Å². The molecule has 3 rings (SSSR count). The van der Waals surface area contributed by atoms with Crippen molar-refractivity contribution in [1.82, 2.24) is 9.88 Å². The van der Waals surface area contributed by atoms with Crippen molar-refractivity contribution in [3.8, 4) is 6.07 Å². The van der Waals surface area contributed by atoms with Gasteiger partial charge in [-0.3, -0.25) is 4.79 Å². The first-order valence-electron chi connectivity index (χ1n) is 7.68. The van der Waals surface area contributed by atoms with Crippen molar-refractivity contribution in [1.29, 1.82) is 5.26 Å². The second kappa shape index (κ2) is 6.13. The molecule has 5 nitrogen and oxygen atoms in total. The molecule has 0 bridgehead atoms. The zero-order valence-electron chi connectivity index (χ0n) is 12.2. The second-order valence-electron chi connectivity index (χ2n) is 5.83. The zero-order valence-corrected chi connectivity index (χ0v) is 12.2. The van der Waals surface area contributed by atoms with Crippen molar-refractivity contribution in [3.63, 3.8) is 0 Å². The summed E-state index contributed by atoms with van der Waals surface area (Å²) in [5.41, 5.74) is 0.568. The van der Waals surface area contributed by atoms with Crippen LogP contribution in [-0.2, 0) is 4.79 Å². The Morgan fingerprint density at radius 2 is 2.05 bits per heavy atom. The number of hydrogen-bond donors (Lipinski definition) is 0. The third-order valence-corrected chi connectivity index (χ3v) is 4.41. The van der Waals surface area contributed by atoms with Crippen LogP contribution in [0.15, 0.2) is 18.3 Å². The quantitative estimate of drug-likeness (QED) is 0.830. The van der Waals surface area contributed by atoms with Crippen molar-refractivity contribution in [2.75, 3.05) is 31.1 Å². The number of carbonyl (C=O) groups is 1. The first-order valence-corrected chi connectivity index (χ1v) is 7.68. The van der Waals surface area contributed by atoms with Crippen LogP contribution in [0.2, 0.25) is 0 Å². The molecule has 110 valence electrons. The standard InChI is InChI=1S/C16H20N4O/c17-10-13-4-5-15(18-11-13)20-9-6-14(12-20)16(21)19-7-2-1-3-8-19/h4-5,11,14H,1-3,6-9,12H2. The van der Waals surface area contributed by atoms with Crippen molar-refractivity contribution in [3.05, 3.63) is 23.9 Å². The average Bonchev–Trinajstić information content (AvgIpc) is 3.05. The number of carbonyl (C=O) groups excluding carboxylic acids is 1. The molecule has 1 atom stereocenters. The Bertz CT molecular complexity index is 542. The van der Waals surface area contributed by atoms with E-state index in [2.05, 4.69) is 16.0 Å². The van der Waals surface area contributed by atoms with Gasteiger partial charge in [0.25, 0.3) is 0 Å². The summed E-state index contributed by atoms with van der Waals surface area (Å²) in [4.78, 5) is 21.0. The van der Waals surface area contributed by atoms with Gasteiger partial charge in [-0.2, -0.15) is 5.26 Å². The first kappa shape index (κ1) is 13.9. The van der Waals surface area contributed by atoms with Crippen molar-refractivity contribution in [2.45, 2.75) is 25.7 Å². The summed E-state index contributed by atoms with van der Waals surface area (Å²) in [6.45, 7) is 3.45. The number of aromatic nitrogens is 1. The van der Waals surface area contributed by atoms with Gasteiger partial charge in [0, 0.05) is 32.4 Å². The molecule has 1 aromatic heterocycles. The van der Waals surface area contributed by atoms with Crippen LogP contribution in [0.4, 0.5) is 5.82 Å². The molecule has 2 aliphatic heterocycles. The Morgan fingerprint density at radius 3 is 2.71 bits per heavy atom. The molecule has 1 aromatic rings. The highest BCUT2D eigenvalue weighted by Gasteiger charge is 2.32. The van der Waals surface area contributed by atoms with E-state index in [1.54, 1.807) is 12.3 Å². The van der Waals surface area contributed by atoms with E-state index in [1.807, 2.05) is 11.0 Å². The number of nitriles is 1. The van der Waals surface area contributed by atoms with Crippen LogP contribution >= 0.6 is 0 Å². The third kappa shape index (κ3) is 2.99. The minimum atomic E-state index is 0.0977. The lowest BCUT2D eigenvalue weighted by Gasteiger charge is -2.29. The number of pyridine rings is 1. The number of likely N-dealkylation sites (tertiary alicyclic amines) is 1. The largest absolute Gasteiger partial charge is 0.356 e. The lowest BCUT2D eigenvalue weighted by molar-refractivity contribution is -0.135. The summed E-state index contributed by atoms with van der Waals surface area (Å²) in [6, 6.07) is 5.72. The molecule has 3 heterocycles. The van der Waals surface area contributed by atoms with Gasteiger partial charge in [0.1, 0.15) is 11.9 Å². The van der Waals surface area contributed by atoms with Gasteiger partial charge in [-0.1, -0.05) is 0 Å². The molecule has 21 heavy (non-hydrogen) atoms. The molecule has 0 aromatic carbocycles. The molecule has 2 aliphatic rings. The van der Waals surface area contributed by atoms with Crippen LogP contribution in [0.3, 0.4) is 0 Å². The predicted molar refractivity (Wildman–Crippen MR) is 79.7 cm³/mol. The van der Waals surface area contributed by atoms with E-state index in [1.165, 1.54) is 6.42 Å². The maximum absolute atomic E-state index is 12.5. The maximum atomic E-state index is 12.5. The van der Waals surface area contributed by atoms with Gasteiger partial charge < -0.3 is 9.80 Å². The summed E-state index contributed by atoms with van der Waals surface area (Å²) in [5.74, 6) is 1.27. The van der Waals surface area contributed by atoms with Crippen molar-refractivity contribution >= 4 is 11.7 Å². The fourth-order valence-corrected chi connectivity index (χ4v) is 3.18. The topological polar surface area (TPSA) is 60.2 Å². The third-order valence-electron chi connectivity index (χ3n) is 4.41. The normalized spacial score (nSPS) is 22.1. The Balaban J connectivity index is 1.61. The molecule has 1 amide bonds. The summed E-state index contributed by atoms with van der Waals surface area (Å²) in [5, 5.41) is 8.80. The number of rotatable bonds is 2. The predicted octanol–water partition coefficient (Wildman–Crippen LogP) is 1.79. The number of piperidine rings is 1. The van der Waals surface area contributed by atoms with Crippen LogP contribution in [0, 0.1) is 17.2 Å². The number of hydrogen-bond acceptors (Lipinski definition) is 4. The minimum absolute atomic E-state index is 0.0977. The fraction of sp³-hybridized carbons (Fsp3) is 0.562. The Kier molecular flexibility index (Phi) is 4.05. The van der Waals surface area contributed by atoms with E-state index < -0.39 is 0 Å². The molecule has 2 fully saturated rings. The molecule has 5 heteroatoms. The minimum Gasteiger partial charge on any atom is -0.356 e. The zero-order chi connectivity index (χ0) is 14.7. The number of nitrogens with zero attached hydrogens (tertiary/aromatic N) is 4. The summed E-state index contributed by atoms with van der Waals surface area (Å²) in [6.07, 6.45) is 6.01. The van der Waals surface area contributed by atoms with Gasteiger partial charge in [0.05, 0.1) is 11.5 Å². The molecular formula is C16H20N4O. The van der Waals surface area contributed by atoms with Crippen LogP contribution < -0.4 is 4.90 Å². The van der Waals surface area contributed by atoms with Crippen LogP contribution in [0.1, 0.15) is 31.2 Å². The fourth-order valence-electron chi connectivity index (χ4n) is 3.18. The van der Waals surface area contributed by atoms with E-state index in [4.69, 9.17) is 5.26 Å². The van der Waals surface area contributed by atoms with Gasteiger partial charge >= 0.3 is 0 Å². The molecule has 0 spiro atoms. The highest BCUT2D eigenvalue weighted by atomic mass is 16.2. The molecule has 2 saturated heterocycles. The highest BCUT2D eigenvalue weighted by Crippen LogP contribution is 2.24. The van der Waals surface area contributed by atoms with E-state index in [0.717, 1.165) is 51.3 Å². The molecular weight excluding hydrogens is 264 g/mol. The lowest BCUT2D eigenvalue weighted by Crippen LogP contribution is -2.40. The van der Waals surface area contributed by atoms with Crippen LogP contribution in [-0.4, -0.2) is 42.0 Å². The van der Waals surface area contributed by atoms with Crippen LogP contribution in [0.5, 0.6) is 0 Å². The summed E-state index contributed by atoms with van der Waals surface area (Å²) < 4.78 is 0. The van der Waals surface area contributed by atoms with E-state index >= 15 is 0 Å². The van der Waals surface area contributed by atoms with Crippen molar-refractivity contribution < 1.29 is 4.79 Å². The molecule has 0 radical (unpaired) electrons. The average molecular weight is 284 g/mol. The second-order valence-corrected chi connectivity index (χ2v) is 5.83. The van der Waals surface area contributed by atoms with E-state index in [9.17, 15) is 4.79 Å². The van der Waals surface area contributed by atoms with Gasteiger partial charge in [-0.25, -0.2) is 4.98 Å². The highest BCUT2D eigenvalue weighted by molar-refractivity contribution is 5.80. The Morgan fingerprint density at radius 1 is 1.24 bits per heavy atom. The van der Waals surface area contributed by atoms with Gasteiger partial charge in [0.15, 0.2) is 0 Å². The Hall–Kier alpha value is -2.09. The monoisotopic (exact) mass is 284 g/mol. The summed E-state index contributed by atoms with van der Waals surface area (Å²) in [7, 11) is 0. The van der Waals surface area contributed by atoms with Crippen LogP contribution in [0.25, 0.3) is 0 Å². The van der Waals surface area contributed by atoms with Gasteiger partial charge in [-0.15, -0.1) is 0 Å². The van der Waals surface area contributed by atoms with Gasteiger partial charge in [0.2, 0.25) is 5.91 Å². The Labute approximate surface area is 125 Å². The molecule has 0 aliphatic carbocycles.